The minimum atomic E-state index is -0.602. The lowest BCUT2D eigenvalue weighted by molar-refractivity contribution is -0.137. The van der Waals surface area contributed by atoms with Gasteiger partial charge in [0.1, 0.15) is 6.04 Å². The smallest absolute Gasteiger partial charge is 0.255 e. The first-order valence-electron chi connectivity index (χ1n) is 20.2. The zero-order chi connectivity index (χ0) is 38.9. The predicted octanol–water partition coefficient (Wildman–Crippen LogP) is 5.67. The number of amides is 5. The van der Waals surface area contributed by atoms with Crippen molar-refractivity contribution >= 4 is 47.4 Å². The van der Waals surface area contributed by atoms with E-state index in [1.54, 1.807) is 41.2 Å². The summed E-state index contributed by atoms with van der Waals surface area (Å²) in [5.74, 6) is 1.26. The topological polar surface area (TPSA) is 132 Å². The van der Waals surface area contributed by atoms with Gasteiger partial charge >= 0.3 is 0 Å². The quantitative estimate of drug-likeness (QED) is 0.0928. The van der Waals surface area contributed by atoms with Crippen LogP contribution < -0.4 is 10.6 Å². The maximum absolute atomic E-state index is 13.4. The van der Waals surface area contributed by atoms with E-state index in [1.165, 1.54) is 5.56 Å². The van der Waals surface area contributed by atoms with Gasteiger partial charge < -0.3 is 20.0 Å². The molecule has 3 aromatic rings. The lowest BCUT2D eigenvalue weighted by Gasteiger charge is -2.33. The number of rotatable bonds is 14. The van der Waals surface area contributed by atoms with E-state index in [0.717, 1.165) is 105 Å². The van der Waals surface area contributed by atoms with E-state index >= 15 is 0 Å². The Hall–Kier alpha value is -4.81. The Kier molecular flexibility index (Phi) is 13.3. The van der Waals surface area contributed by atoms with E-state index in [9.17, 15) is 24.0 Å². The fourth-order valence-corrected chi connectivity index (χ4v) is 9.54. The summed E-state index contributed by atoms with van der Waals surface area (Å²) < 4.78 is 0. The van der Waals surface area contributed by atoms with Crippen LogP contribution >= 0.6 is 11.8 Å². The average molecular weight is 777 g/mol. The van der Waals surface area contributed by atoms with Crippen LogP contribution in [0.15, 0.2) is 78.0 Å². The van der Waals surface area contributed by atoms with Crippen LogP contribution in [0.2, 0.25) is 0 Å². The van der Waals surface area contributed by atoms with Gasteiger partial charge in [-0.25, -0.2) is 0 Å². The van der Waals surface area contributed by atoms with Crippen molar-refractivity contribution in [2.45, 2.75) is 81.2 Å². The molecule has 294 valence electrons. The number of thioether (sulfide) groups is 1. The molecule has 3 saturated heterocycles. The maximum Gasteiger partial charge on any atom is 0.255 e. The van der Waals surface area contributed by atoms with E-state index in [-0.39, 0.29) is 36.0 Å². The predicted molar refractivity (Wildman–Crippen MR) is 217 cm³/mol. The SMILES string of the molecule is O=C(/C=C/c1cccnc1)NCCCCC1CCN(C(=O)c2ccc(C3CCN(CCSc4cccc5c4CN(C4CCC(=O)NC4=O)C5=O)CC3)cc2)CC1. The minimum Gasteiger partial charge on any atom is -0.353 e. The molecule has 7 rings (SSSR count). The first kappa shape index (κ1) is 39.4. The van der Waals surface area contributed by atoms with Gasteiger partial charge in [0.05, 0.1) is 0 Å². The third-order valence-electron chi connectivity index (χ3n) is 11.8. The standard InChI is InChI=1S/C44H52N6O5S/c51-40(15-9-32-6-4-21-45-29-32)46-22-2-1-5-31-17-25-49(26-18-31)43(54)35-12-10-33(11-13-35)34-19-23-48(24-20-34)27-28-56-39-8-3-7-36-37(39)30-50(44(36)55)38-14-16-41(52)47-42(38)53/h3-4,6-13,15,21,29,31,34,38H,1-2,5,14,16-20,22-28,30H2,(H,46,51)(H,47,52,53)/b15-9+. The van der Waals surface area contributed by atoms with Crippen molar-refractivity contribution < 1.29 is 24.0 Å². The van der Waals surface area contributed by atoms with Crippen LogP contribution in [-0.4, -0.2) is 100 Å². The molecule has 0 aliphatic carbocycles. The maximum atomic E-state index is 13.4. The second-order valence-electron chi connectivity index (χ2n) is 15.4. The molecule has 12 heteroatoms. The zero-order valence-corrected chi connectivity index (χ0v) is 32.8. The number of benzene rings is 2. The van der Waals surface area contributed by atoms with E-state index in [2.05, 4.69) is 38.7 Å². The second-order valence-corrected chi connectivity index (χ2v) is 16.5. The summed E-state index contributed by atoms with van der Waals surface area (Å²) in [6.07, 6.45) is 14.7. The molecule has 5 amide bonds. The van der Waals surface area contributed by atoms with Crippen molar-refractivity contribution in [3.63, 3.8) is 0 Å². The Bertz CT molecular complexity index is 1900. The number of fused-ring (bicyclic) bond motifs is 1. The van der Waals surface area contributed by atoms with Crippen molar-refractivity contribution in [3.05, 3.63) is 101 Å². The Morgan fingerprint density at radius 1 is 0.911 bits per heavy atom. The van der Waals surface area contributed by atoms with Gasteiger partial charge in [-0.05, 0) is 117 Å². The first-order chi connectivity index (χ1) is 27.3. The van der Waals surface area contributed by atoms with Crippen LogP contribution in [-0.2, 0) is 20.9 Å². The van der Waals surface area contributed by atoms with E-state index < -0.39 is 6.04 Å². The van der Waals surface area contributed by atoms with Crippen LogP contribution in [0.1, 0.15) is 101 Å². The molecule has 1 aromatic heterocycles. The summed E-state index contributed by atoms with van der Waals surface area (Å²) in [4.78, 5) is 74.0. The molecule has 4 aliphatic rings. The Balaban J connectivity index is 0.778. The van der Waals surface area contributed by atoms with Crippen molar-refractivity contribution in [2.75, 3.05) is 45.0 Å². The number of imide groups is 1. The van der Waals surface area contributed by atoms with Crippen LogP contribution in [0.3, 0.4) is 0 Å². The van der Waals surface area contributed by atoms with Gasteiger partial charge in [0.25, 0.3) is 11.8 Å². The fraction of sp³-hybridized carbons (Fsp3) is 0.455. The van der Waals surface area contributed by atoms with E-state index in [4.69, 9.17) is 0 Å². The lowest BCUT2D eigenvalue weighted by Crippen LogP contribution is -2.52. The van der Waals surface area contributed by atoms with Gasteiger partial charge in [0.2, 0.25) is 17.7 Å². The van der Waals surface area contributed by atoms with Crippen molar-refractivity contribution in [3.8, 4) is 0 Å². The molecule has 0 spiro atoms. The highest BCUT2D eigenvalue weighted by molar-refractivity contribution is 7.99. The first-order valence-corrected chi connectivity index (χ1v) is 21.2. The fourth-order valence-electron chi connectivity index (χ4n) is 8.45. The molecule has 1 unspecified atom stereocenters. The molecular weight excluding hydrogens is 725 g/mol. The number of unbranched alkanes of at least 4 members (excludes halogenated alkanes) is 1. The summed E-state index contributed by atoms with van der Waals surface area (Å²) in [5.41, 5.74) is 4.62. The van der Waals surface area contributed by atoms with Gasteiger partial charge in [0.15, 0.2) is 0 Å². The van der Waals surface area contributed by atoms with Crippen LogP contribution in [0.4, 0.5) is 0 Å². The highest BCUT2D eigenvalue weighted by Crippen LogP contribution is 2.35. The number of hydrogen-bond donors (Lipinski definition) is 2. The second kappa shape index (κ2) is 18.9. The number of nitrogens with one attached hydrogen (secondary N) is 2. The lowest BCUT2D eigenvalue weighted by atomic mass is 9.88. The monoisotopic (exact) mass is 776 g/mol. The van der Waals surface area contributed by atoms with Gasteiger partial charge in [-0.2, -0.15) is 0 Å². The number of carbonyl (C=O) groups is 5. The summed E-state index contributed by atoms with van der Waals surface area (Å²) in [5, 5.41) is 5.34. The number of carbonyl (C=O) groups excluding carboxylic acids is 5. The van der Waals surface area contributed by atoms with Crippen molar-refractivity contribution in [1.29, 1.82) is 0 Å². The number of pyridine rings is 1. The van der Waals surface area contributed by atoms with Gasteiger partial charge in [-0.3, -0.25) is 34.3 Å². The van der Waals surface area contributed by atoms with E-state index in [1.807, 2.05) is 41.3 Å². The van der Waals surface area contributed by atoms with Crippen LogP contribution in [0.25, 0.3) is 6.08 Å². The highest BCUT2D eigenvalue weighted by atomic mass is 32.2. The molecule has 56 heavy (non-hydrogen) atoms. The summed E-state index contributed by atoms with van der Waals surface area (Å²) in [6, 6.07) is 17.3. The van der Waals surface area contributed by atoms with Gasteiger partial charge in [-0.15, -0.1) is 11.8 Å². The summed E-state index contributed by atoms with van der Waals surface area (Å²) >= 11 is 1.76. The van der Waals surface area contributed by atoms with Crippen molar-refractivity contribution in [2.24, 2.45) is 5.92 Å². The molecule has 5 heterocycles. The molecule has 0 radical (unpaired) electrons. The third-order valence-corrected chi connectivity index (χ3v) is 12.9. The molecule has 2 aromatic carbocycles. The Morgan fingerprint density at radius 3 is 2.46 bits per heavy atom. The molecule has 0 bridgehead atoms. The number of nitrogens with zero attached hydrogens (tertiary/aromatic N) is 4. The molecule has 2 N–H and O–H groups in total. The largest absolute Gasteiger partial charge is 0.353 e. The number of piperidine rings is 3. The number of hydrogen-bond acceptors (Lipinski definition) is 8. The molecular formula is C44H52N6O5S. The van der Waals surface area contributed by atoms with E-state index in [0.29, 0.717) is 36.9 Å². The summed E-state index contributed by atoms with van der Waals surface area (Å²) in [6.45, 7) is 5.66. The van der Waals surface area contributed by atoms with Crippen LogP contribution in [0, 0.1) is 5.92 Å². The molecule has 4 aliphatic heterocycles. The number of likely N-dealkylation sites (tertiary alicyclic amines) is 2. The van der Waals surface area contributed by atoms with Gasteiger partial charge in [-0.1, -0.05) is 37.1 Å². The van der Waals surface area contributed by atoms with Crippen molar-refractivity contribution in [1.82, 2.24) is 30.3 Å². The number of aromatic nitrogens is 1. The molecule has 1 atom stereocenters. The summed E-state index contributed by atoms with van der Waals surface area (Å²) in [7, 11) is 0. The third kappa shape index (κ3) is 9.94. The molecule has 11 nitrogen and oxygen atoms in total. The minimum absolute atomic E-state index is 0.0846. The molecule has 3 fully saturated rings. The normalized spacial score (nSPS) is 19.7. The highest BCUT2D eigenvalue weighted by Gasteiger charge is 2.40. The Labute approximate surface area is 333 Å². The Morgan fingerprint density at radius 2 is 1.71 bits per heavy atom. The average Bonchev–Trinajstić information content (AvgIpc) is 3.56. The van der Waals surface area contributed by atoms with Crippen LogP contribution in [0.5, 0.6) is 0 Å². The zero-order valence-electron chi connectivity index (χ0n) is 32.0. The molecule has 0 saturated carbocycles. The van der Waals surface area contributed by atoms with Gasteiger partial charge in [0, 0.05) is 79.4 Å².